The summed E-state index contributed by atoms with van der Waals surface area (Å²) < 4.78 is 15.2. The van der Waals surface area contributed by atoms with Crippen LogP contribution >= 0.6 is 0 Å². The van der Waals surface area contributed by atoms with E-state index in [0.717, 1.165) is 17.6 Å². The smallest absolute Gasteiger partial charge is 0.259 e. The molecule has 3 aromatic rings. The summed E-state index contributed by atoms with van der Waals surface area (Å²) in [5.74, 6) is -0.464. The van der Waals surface area contributed by atoms with Crippen LogP contribution in [0.4, 0.5) is 10.1 Å². The molecule has 29 heavy (non-hydrogen) atoms. The Morgan fingerprint density at radius 1 is 1.03 bits per heavy atom. The lowest BCUT2D eigenvalue weighted by Gasteiger charge is -2.36. The minimum atomic E-state index is -0.259. The number of rotatable bonds is 2. The summed E-state index contributed by atoms with van der Waals surface area (Å²) in [7, 11) is 0. The highest BCUT2D eigenvalue weighted by Gasteiger charge is 2.28. The largest absolute Gasteiger partial charge is 0.368 e. The van der Waals surface area contributed by atoms with Gasteiger partial charge in [0.25, 0.3) is 5.91 Å². The molecule has 3 heterocycles. The molecule has 0 N–H and O–H groups in total. The van der Waals surface area contributed by atoms with Gasteiger partial charge in [-0.2, -0.15) is 0 Å². The van der Waals surface area contributed by atoms with E-state index in [-0.39, 0.29) is 28.8 Å². The molecule has 5 nitrogen and oxygen atoms in total. The van der Waals surface area contributed by atoms with Crippen molar-refractivity contribution < 1.29 is 9.18 Å². The Balaban J connectivity index is 1.41. The topological polar surface area (TPSA) is 45.6 Å². The number of hydrogen-bond donors (Lipinski definition) is 0. The highest BCUT2D eigenvalue weighted by Crippen LogP contribution is 2.31. The molecule has 0 aliphatic carbocycles. The Labute approximate surface area is 168 Å². The van der Waals surface area contributed by atoms with Crippen LogP contribution in [0.15, 0.2) is 53.5 Å². The second-order valence-corrected chi connectivity index (χ2v) is 7.90. The molecule has 1 saturated heterocycles. The number of piperazine rings is 1. The van der Waals surface area contributed by atoms with E-state index in [1.807, 2.05) is 12.1 Å². The molecule has 1 amide bonds. The molecular formula is C23H22FN3O2. The number of anilines is 1. The minimum absolute atomic E-state index is 0.182. The molecule has 2 aliphatic heterocycles. The summed E-state index contributed by atoms with van der Waals surface area (Å²) in [5, 5.41) is 0.627. The maximum absolute atomic E-state index is 13.2. The van der Waals surface area contributed by atoms with Gasteiger partial charge < -0.3 is 14.4 Å². The molecule has 0 radical (unpaired) electrons. The standard InChI is InChI=1S/C23H22FN3O2/c1-15-13-16-3-2-4-19-21(16)27(15)14-20(22(19)28)23(29)26-11-9-25(10-12-26)18-7-5-17(24)6-8-18/h2-8,14-15H,9-13H2,1H3/t15-/m0/s1. The third-order valence-electron chi connectivity index (χ3n) is 6.11. The molecule has 1 fully saturated rings. The van der Waals surface area contributed by atoms with Gasteiger partial charge in [0, 0.05) is 49.5 Å². The molecule has 6 heteroatoms. The first kappa shape index (κ1) is 17.9. The van der Waals surface area contributed by atoms with Gasteiger partial charge in [0.15, 0.2) is 0 Å². The second kappa shape index (κ2) is 6.72. The molecule has 0 bridgehead atoms. The van der Waals surface area contributed by atoms with Crippen molar-refractivity contribution in [2.24, 2.45) is 0 Å². The quantitative estimate of drug-likeness (QED) is 0.674. The van der Waals surface area contributed by atoms with E-state index < -0.39 is 0 Å². The van der Waals surface area contributed by atoms with Crippen LogP contribution in [0.3, 0.4) is 0 Å². The molecule has 148 valence electrons. The van der Waals surface area contributed by atoms with E-state index in [0.29, 0.717) is 31.6 Å². The number of carbonyl (C=O) groups excluding carboxylic acids is 1. The van der Waals surface area contributed by atoms with Gasteiger partial charge in [0.2, 0.25) is 5.43 Å². The number of amides is 1. The number of nitrogens with zero attached hydrogens (tertiary/aromatic N) is 3. The first-order chi connectivity index (χ1) is 14.0. The fraction of sp³-hybridized carbons (Fsp3) is 0.304. The lowest BCUT2D eigenvalue weighted by molar-refractivity contribution is 0.0745. The third kappa shape index (κ3) is 2.90. The number of halogens is 1. The number of pyridine rings is 1. The van der Waals surface area contributed by atoms with Gasteiger partial charge in [-0.25, -0.2) is 4.39 Å². The zero-order valence-corrected chi connectivity index (χ0v) is 16.3. The summed E-state index contributed by atoms with van der Waals surface area (Å²) in [6.45, 7) is 4.48. The van der Waals surface area contributed by atoms with Crippen LogP contribution in [0.5, 0.6) is 0 Å². The number of para-hydroxylation sites is 1. The first-order valence-electron chi connectivity index (χ1n) is 9.99. The zero-order chi connectivity index (χ0) is 20.1. The second-order valence-electron chi connectivity index (χ2n) is 7.90. The van der Waals surface area contributed by atoms with Crippen molar-refractivity contribution in [1.29, 1.82) is 0 Å². The van der Waals surface area contributed by atoms with Crippen molar-refractivity contribution in [3.8, 4) is 0 Å². The highest BCUT2D eigenvalue weighted by atomic mass is 19.1. The van der Waals surface area contributed by atoms with Crippen molar-refractivity contribution in [2.45, 2.75) is 19.4 Å². The molecule has 0 unspecified atom stereocenters. The van der Waals surface area contributed by atoms with E-state index in [1.54, 1.807) is 23.2 Å². The molecule has 0 saturated carbocycles. The summed E-state index contributed by atoms with van der Waals surface area (Å²) in [5.41, 5.74) is 3.14. The van der Waals surface area contributed by atoms with Crippen LogP contribution in [0.1, 0.15) is 28.9 Å². The molecule has 2 aromatic carbocycles. The van der Waals surface area contributed by atoms with Crippen LogP contribution in [0.25, 0.3) is 10.9 Å². The molecule has 1 atom stereocenters. The van der Waals surface area contributed by atoms with Crippen molar-refractivity contribution in [1.82, 2.24) is 9.47 Å². The van der Waals surface area contributed by atoms with Crippen LogP contribution in [0, 0.1) is 5.82 Å². The Morgan fingerprint density at radius 3 is 2.48 bits per heavy atom. The molecule has 0 spiro atoms. The lowest BCUT2D eigenvalue weighted by atomic mass is 10.1. The van der Waals surface area contributed by atoms with Gasteiger partial charge in [-0.3, -0.25) is 9.59 Å². The summed E-state index contributed by atoms with van der Waals surface area (Å²) in [6, 6.07) is 12.4. The maximum atomic E-state index is 13.2. The fourth-order valence-electron chi connectivity index (χ4n) is 4.56. The van der Waals surface area contributed by atoms with Crippen LogP contribution in [0.2, 0.25) is 0 Å². The Hall–Kier alpha value is -3.15. The van der Waals surface area contributed by atoms with Crippen molar-refractivity contribution in [3.63, 3.8) is 0 Å². The van der Waals surface area contributed by atoms with Crippen LogP contribution in [-0.2, 0) is 6.42 Å². The molecule has 1 aromatic heterocycles. The lowest BCUT2D eigenvalue weighted by Crippen LogP contribution is -2.49. The summed E-state index contributed by atoms with van der Waals surface area (Å²) in [4.78, 5) is 30.1. The van der Waals surface area contributed by atoms with Gasteiger partial charge in [-0.15, -0.1) is 0 Å². The van der Waals surface area contributed by atoms with Gasteiger partial charge in [-0.05, 0) is 49.2 Å². The summed E-state index contributed by atoms with van der Waals surface area (Å²) >= 11 is 0. The maximum Gasteiger partial charge on any atom is 0.259 e. The normalized spacial score (nSPS) is 18.5. The van der Waals surface area contributed by atoms with Gasteiger partial charge in [-0.1, -0.05) is 12.1 Å². The monoisotopic (exact) mass is 391 g/mol. The van der Waals surface area contributed by atoms with E-state index >= 15 is 0 Å². The van der Waals surface area contributed by atoms with E-state index in [4.69, 9.17) is 0 Å². The van der Waals surface area contributed by atoms with Crippen molar-refractivity contribution >= 4 is 22.5 Å². The van der Waals surface area contributed by atoms with Crippen LogP contribution < -0.4 is 10.3 Å². The number of carbonyl (C=O) groups is 1. The van der Waals surface area contributed by atoms with E-state index in [9.17, 15) is 14.0 Å². The van der Waals surface area contributed by atoms with Crippen LogP contribution in [-0.4, -0.2) is 41.6 Å². The predicted octanol–water partition coefficient (Wildman–Crippen LogP) is 3.22. The average Bonchev–Trinajstić information content (AvgIpc) is 3.07. The molecule has 2 aliphatic rings. The van der Waals surface area contributed by atoms with Gasteiger partial charge >= 0.3 is 0 Å². The van der Waals surface area contributed by atoms with Gasteiger partial charge in [0.05, 0.1) is 5.52 Å². The van der Waals surface area contributed by atoms with Crippen molar-refractivity contribution in [3.05, 3.63) is 75.8 Å². The SMILES string of the molecule is C[C@H]1Cc2cccc3c(=O)c(C(=O)N4CCN(c5ccc(F)cc5)CC4)cn1c23. The zero-order valence-electron chi connectivity index (χ0n) is 16.3. The van der Waals surface area contributed by atoms with Gasteiger partial charge in [0.1, 0.15) is 11.4 Å². The van der Waals surface area contributed by atoms with Crippen molar-refractivity contribution in [2.75, 3.05) is 31.1 Å². The number of aromatic nitrogens is 1. The predicted molar refractivity (Wildman–Crippen MR) is 111 cm³/mol. The third-order valence-corrected chi connectivity index (χ3v) is 6.11. The average molecular weight is 391 g/mol. The van der Waals surface area contributed by atoms with E-state index in [1.165, 1.54) is 17.7 Å². The Morgan fingerprint density at radius 2 is 1.76 bits per heavy atom. The van der Waals surface area contributed by atoms with E-state index in [2.05, 4.69) is 22.5 Å². The first-order valence-corrected chi connectivity index (χ1v) is 9.99. The Kier molecular flexibility index (Phi) is 4.15. The molecule has 5 rings (SSSR count). The molecular weight excluding hydrogens is 369 g/mol. The fourth-order valence-corrected chi connectivity index (χ4v) is 4.56. The number of benzene rings is 2. The Bertz CT molecular complexity index is 1160. The highest BCUT2D eigenvalue weighted by molar-refractivity contribution is 5.98. The number of hydrogen-bond acceptors (Lipinski definition) is 3. The minimum Gasteiger partial charge on any atom is -0.368 e. The summed E-state index contributed by atoms with van der Waals surface area (Å²) in [6.07, 6.45) is 2.63.